The highest BCUT2D eigenvalue weighted by atomic mass is 19.3. The Balaban J connectivity index is 1.91. The second kappa shape index (κ2) is 8.09. The summed E-state index contributed by atoms with van der Waals surface area (Å²) in [5.74, 6) is -2.24. The van der Waals surface area contributed by atoms with Crippen molar-refractivity contribution < 1.29 is 23.5 Å². The van der Waals surface area contributed by atoms with Gasteiger partial charge in [-0.25, -0.2) is 23.4 Å². The molecule has 0 aliphatic carbocycles. The minimum atomic E-state index is -2.72. The summed E-state index contributed by atoms with van der Waals surface area (Å²) in [5, 5.41) is 21.6. The van der Waals surface area contributed by atoms with Gasteiger partial charge in [-0.3, -0.25) is 4.79 Å². The van der Waals surface area contributed by atoms with Crippen molar-refractivity contribution in [1.82, 2.24) is 25.0 Å². The van der Waals surface area contributed by atoms with Crippen molar-refractivity contribution in [2.75, 3.05) is 5.32 Å². The molecule has 150 valence electrons. The summed E-state index contributed by atoms with van der Waals surface area (Å²) in [7, 11) is 0. The number of hydrogen-bond acceptors (Lipinski definition) is 8. The van der Waals surface area contributed by atoms with Gasteiger partial charge in [0.2, 0.25) is 5.95 Å². The van der Waals surface area contributed by atoms with Gasteiger partial charge in [0.1, 0.15) is 11.4 Å². The van der Waals surface area contributed by atoms with E-state index in [0.717, 1.165) is 23.2 Å². The van der Waals surface area contributed by atoms with Crippen molar-refractivity contribution >= 4 is 23.4 Å². The van der Waals surface area contributed by atoms with Crippen LogP contribution in [0.25, 0.3) is 11.3 Å². The highest BCUT2D eigenvalue weighted by molar-refractivity contribution is 5.98. The number of hydrogen-bond donors (Lipinski definition) is 1. The van der Waals surface area contributed by atoms with E-state index in [-0.39, 0.29) is 5.95 Å². The number of alkyl halides is 2. The van der Waals surface area contributed by atoms with Crippen LogP contribution in [0.1, 0.15) is 30.6 Å². The Morgan fingerprint density at radius 1 is 1.24 bits per heavy atom. The number of rotatable bonds is 7. The first-order chi connectivity index (χ1) is 13.7. The van der Waals surface area contributed by atoms with Crippen LogP contribution < -0.4 is 10.4 Å². The number of nitrogens with zero attached hydrogens (tertiary/aromatic N) is 5. The van der Waals surface area contributed by atoms with Gasteiger partial charge in [-0.15, -0.1) is 5.10 Å². The van der Waals surface area contributed by atoms with Crippen molar-refractivity contribution in [3.05, 3.63) is 47.9 Å². The fraction of sp³-hybridized carbons (Fsp3) is 0.222. The van der Waals surface area contributed by atoms with Crippen LogP contribution in [0.5, 0.6) is 0 Å². The zero-order chi connectivity index (χ0) is 21.1. The van der Waals surface area contributed by atoms with Crippen LogP contribution >= 0.6 is 0 Å². The number of aryl methyl sites for hydroxylation is 1. The number of carboxylic acid groups (broad SMARTS) is 1. The normalized spacial score (nSPS) is 12.0. The minimum absolute atomic E-state index is 0.00315. The van der Waals surface area contributed by atoms with Crippen molar-refractivity contribution in [3.63, 3.8) is 0 Å². The summed E-state index contributed by atoms with van der Waals surface area (Å²) in [6.07, 6.45) is -0.186. The summed E-state index contributed by atoms with van der Waals surface area (Å²) < 4.78 is 26.5. The van der Waals surface area contributed by atoms with Crippen LogP contribution in [-0.4, -0.2) is 36.7 Å². The van der Waals surface area contributed by atoms with Crippen LogP contribution in [-0.2, 0) is 9.59 Å². The Bertz CT molecular complexity index is 1060. The van der Waals surface area contributed by atoms with Crippen molar-refractivity contribution in [2.24, 2.45) is 0 Å². The number of aliphatic carboxylic acids is 1. The number of Topliss-reactive ketones (excluding diaryl/α,β-unsaturated/α-hetero) is 1. The van der Waals surface area contributed by atoms with Gasteiger partial charge in [-0.1, -0.05) is 5.21 Å². The molecule has 9 nitrogen and oxygen atoms in total. The van der Waals surface area contributed by atoms with Gasteiger partial charge in [0, 0.05) is 17.4 Å². The molecule has 0 spiro atoms. The Hall–Kier alpha value is -3.76. The molecule has 0 fully saturated rings. The van der Waals surface area contributed by atoms with Gasteiger partial charge in [0.05, 0.1) is 12.2 Å². The molecule has 0 saturated carbocycles. The third kappa shape index (κ3) is 4.57. The lowest BCUT2D eigenvalue weighted by Crippen LogP contribution is -2.37. The predicted octanol–water partition coefficient (Wildman–Crippen LogP) is 1.60. The predicted molar refractivity (Wildman–Crippen MR) is 95.2 cm³/mol. The first-order valence-corrected chi connectivity index (χ1v) is 8.38. The second-order valence-electron chi connectivity index (χ2n) is 6.23. The van der Waals surface area contributed by atoms with E-state index in [1.54, 1.807) is 25.1 Å². The van der Waals surface area contributed by atoms with Gasteiger partial charge < -0.3 is 15.2 Å². The van der Waals surface area contributed by atoms with Crippen LogP contribution in [0, 0.1) is 6.92 Å². The summed E-state index contributed by atoms with van der Waals surface area (Å²) >= 11 is 0. The molecule has 0 amide bonds. The summed E-state index contributed by atoms with van der Waals surface area (Å²) in [4.78, 5) is 30.4. The van der Waals surface area contributed by atoms with E-state index in [9.17, 15) is 23.5 Å². The molecule has 0 aliphatic rings. The topological polar surface area (TPSA) is 126 Å². The molecule has 0 aliphatic heterocycles. The first kappa shape index (κ1) is 20.0. The average molecular weight is 401 g/mol. The third-order valence-electron chi connectivity index (χ3n) is 3.91. The molecule has 0 radical (unpaired) electrons. The maximum absolute atomic E-state index is 12.8. The number of nitrogens with one attached hydrogen (secondary N) is 1. The molecule has 0 bridgehead atoms. The molecule has 29 heavy (non-hydrogen) atoms. The lowest BCUT2D eigenvalue weighted by atomic mass is 10.1. The number of ketones is 1. The molecular weight excluding hydrogens is 386 g/mol. The summed E-state index contributed by atoms with van der Waals surface area (Å²) in [6.45, 7) is 2.92. The smallest absolute Gasteiger partial charge is 0.280 e. The number of aromatic nitrogens is 5. The molecule has 0 saturated heterocycles. The first-order valence-electron chi connectivity index (χ1n) is 8.38. The van der Waals surface area contributed by atoms with E-state index < -0.39 is 29.9 Å². The van der Waals surface area contributed by atoms with Crippen LogP contribution in [0.15, 0.2) is 36.7 Å². The molecular formula is C18H15F2N6O3-. The maximum Gasteiger partial charge on any atom is 0.280 e. The average Bonchev–Trinajstić information content (AvgIpc) is 3.10. The van der Waals surface area contributed by atoms with Crippen molar-refractivity contribution in [1.29, 1.82) is 0 Å². The minimum Gasteiger partial charge on any atom is -0.547 e. The van der Waals surface area contributed by atoms with Gasteiger partial charge in [0.25, 0.3) is 6.43 Å². The highest BCUT2D eigenvalue weighted by Gasteiger charge is 2.20. The van der Waals surface area contributed by atoms with Gasteiger partial charge in [0.15, 0.2) is 11.8 Å². The largest absolute Gasteiger partial charge is 0.547 e. The number of benzene rings is 1. The number of carbonyl (C=O) groups is 2. The summed E-state index contributed by atoms with van der Waals surface area (Å²) in [5.41, 5.74) is 1.77. The molecule has 2 heterocycles. The maximum atomic E-state index is 12.8. The Morgan fingerprint density at radius 2 is 2.00 bits per heavy atom. The van der Waals surface area contributed by atoms with E-state index in [4.69, 9.17) is 0 Å². The summed E-state index contributed by atoms with van der Waals surface area (Å²) in [6, 6.07) is 4.69. The number of anilines is 2. The standard InChI is InChI=1S/C18H16F2N6O3/c1-9-5-11(14-8-26(25-24-14)15(10(2)27)17(28)29)7-12(6-9)22-18-21-4-3-13(23-18)16(19)20/h3-8,15-16H,1-2H3,(H,28,29)(H,21,22,23)/p-1. The Morgan fingerprint density at radius 3 is 2.66 bits per heavy atom. The van der Waals surface area contributed by atoms with Gasteiger partial charge in [-0.05, 0) is 43.7 Å². The quantitative estimate of drug-likeness (QED) is 0.592. The molecule has 1 atom stereocenters. The van der Waals surface area contributed by atoms with Crippen LogP contribution in [0.4, 0.5) is 20.4 Å². The Kier molecular flexibility index (Phi) is 5.57. The number of halogens is 2. The SMILES string of the molecule is CC(=O)C(C(=O)[O-])n1cc(-c2cc(C)cc(Nc3nccc(C(F)F)n3)c2)nn1. The highest BCUT2D eigenvalue weighted by Crippen LogP contribution is 2.26. The van der Waals surface area contributed by atoms with Crippen LogP contribution in [0.2, 0.25) is 0 Å². The monoisotopic (exact) mass is 401 g/mol. The van der Waals surface area contributed by atoms with Gasteiger partial charge >= 0.3 is 0 Å². The fourth-order valence-electron chi connectivity index (χ4n) is 2.68. The van der Waals surface area contributed by atoms with Crippen molar-refractivity contribution in [3.8, 4) is 11.3 Å². The lowest BCUT2D eigenvalue weighted by Gasteiger charge is -2.13. The Labute approximate surface area is 163 Å². The third-order valence-corrected chi connectivity index (χ3v) is 3.91. The number of carboxylic acids is 1. The molecule has 11 heteroatoms. The van der Waals surface area contributed by atoms with E-state index in [1.165, 1.54) is 12.4 Å². The van der Waals surface area contributed by atoms with E-state index in [2.05, 4.69) is 25.6 Å². The molecule has 3 aromatic rings. The second-order valence-corrected chi connectivity index (χ2v) is 6.23. The zero-order valence-corrected chi connectivity index (χ0v) is 15.3. The zero-order valence-electron chi connectivity index (χ0n) is 15.3. The lowest BCUT2D eigenvalue weighted by molar-refractivity contribution is -0.309. The molecule has 2 aromatic heterocycles. The van der Waals surface area contributed by atoms with E-state index in [1.807, 2.05) is 0 Å². The van der Waals surface area contributed by atoms with Crippen LogP contribution in [0.3, 0.4) is 0 Å². The van der Waals surface area contributed by atoms with E-state index in [0.29, 0.717) is 16.9 Å². The number of carbonyl (C=O) groups excluding carboxylic acids is 2. The molecule has 1 unspecified atom stereocenters. The fourth-order valence-corrected chi connectivity index (χ4v) is 2.68. The van der Waals surface area contributed by atoms with Gasteiger partial charge in [-0.2, -0.15) is 0 Å². The van der Waals surface area contributed by atoms with E-state index >= 15 is 0 Å². The van der Waals surface area contributed by atoms with Crippen molar-refractivity contribution in [2.45, 2.75) is 26.3 Å². The molecule has 1 N–H and O–H groups in total. The molecule has 3 rings (SSSR count). The molecule has 1 aromatic carbocycles.